The Morgan fingerprint density at radius 1 is 1.00 bits per heavy atom. The molecule has 6 heteroatoms. The molecule has 0 heterocycles. The van der Waals surface area contributed by atoms with Crippen LogP contribution in [-0.4, -0.2) is 53.6 Å². The molecule has 0 aliphatic carbocycles. The van der Waals surface area contributed by atoms with E-state index in [0.717, 1.165) is 18.4 Å². The molecule has 2 aromatic carbocycles. The fraction of sp³-hybridized carbons (Fsp3) is 0.417. The summed E-state index contributed by atoms with van der Waals surface area (Å²) in [7, 11) is 0. The van der Waals surface area contributed by atoms with Gasteiger partial charge in [0, 0.05) is 30.8 Å². The van der Waals surface area contributed by atoms with Gasteiger partial charge in [-0.25, -0.2) is 0 Å². The number of carbonyl (C=O) groups is 2. The standard InChI is InChI=1S/C24H33N3O3/c1-3-13-27(14-4-2)24(30)20-12-8-11-19(16-20)23(29)26-21(22(28)17-25)15-18-9-6-5-7-10-18/h5-12,16,21-22,28H,3-4,13-15,17,25H2,1-2H3,(H,26,29). The van der Waals surface area contributed by atoms with Crippen LogP contribution in [0.2, 0.25) is 0 Å². The van der Waals surface area contributed by atoms with Crippen LogP contribution in [0, 0.1) is 0 Å². The molecule has 2 atom stereocenters. The number of carbonyl (C=O) groups excluding carboxylic acids is 2. The maximum absolute atomic E-state index is 12.9. The fourth-order valence-corrected chi connectivity index (χ4v) is 3.40. The average molecular weight is 412 g/mol. The first kappa shape index (κ1) is 23.6. The van der Waals surface area contributed by atoms with Gasteiger partial charge in [-0.05, 0) is 43.0 Å². The molecule has 0 aromatic heterocycles. The molecular formula is C24H33N3O3. The quantitative estimate of drug-likeness (QED) is 0.530. The zero-order valence-corrected chi connectivity index (χ0v) is 17.9. The zero-order valence-electron chi connectivity index (χ0n) is 17.9. The van der Waals surface area contributed by atoms with Crippen LogP contribution in [0.3, 0.4) is 0 Å². The number of aliphatic hydroxyl groups is 1. The summed E-state index contributed by atoms with van der Waals surface area (Å²) >= 11 is 0. The lowest BCUT2D eigenvalue weighted by Crippen LogP contribution is -2.47. The highest BCUT2D eigenvalue weighted by Crippen LogP contribution is 2.12. The number of nitrogens with two attached hydrogens (primary N) is 1. The molecule has 30 heavy (non-hydrogen) atoms. The first-order valence-corrected chi connectivity index (χ1v) is 10.6. The minimum absolute atomic E-state index is 0.0410. The van der Waals surface area contributed by atoms with Crippen LogP contribution in [0.5, 0.6) is 0 Å². The maximum atomic E-state index is 12.9. The molecule has 6 nitrogen and oxygen atoms in total. The van der Waals surface area contributed by atoms with Crippen molar-refractivity contribution in [3.05, 3.63) is 71.3 Å². The third-order valence-electron chi connectivity index (χ3n) is 4.97. The van der Waals surface area contributed by atoms with Gasteiger partial charge in [-0.15, -0.1) is 0 Å². The van der Waals surface area contributed by atoms with Gasteiger partial charge in [0.05, 0.1) is 12.1 Å². The van der Waals surface area contributed by atoms with Crippen LogP contribution in [0.15, 0.2) is 54.6 Å². The second-order valence-electron chi connectivity index (χ2n) is 7.45. The Morgan fingerprint density at radius 2 is 1.63 bits per heavy atom. The van der Waals surface area contributed by atoms with Crippen LogP contribution in [0.4, 0.5) is 0 Å². The lowest BCUT2D eigenvalue weighted by atomic mass is 10.0. The molecule has 0 spiro atoms. The molecule has 0 bridgehead atoms. The smallest absolute Gasteiger partial charge is 0.253 e. The summed E-state index contributed by atoms with van der Waals surface area (Å²) in [5, 5.41) is 13.2. The van der Waals surface area contributed by atoms with Crippen LogP contribution in [-0.2, 0) is 6.42 Å². The summed E-state index contributed by atoms with van der Waals surface area (Å²) in [4.78, 5) is 27.5. The van der Waals surface area contributed by atoms with Crippen molar-refractivity contribution in [1.82, 2.24) is 10.2 Å². The highest BCUT2D eigenvalue weighted by molar-refractivity contribution is 5.99. The normalized spacial score (nSPS) is 12.8. The topological polar surface area (TPSA) is 95.7 Å². The third kappa shape index (κ3) is 6.68. The van der Waals surface area contributed by atoms with Gasteiger partial charge in [-0.3, -0.25) is 9.59 Å². The van der Waals surface area contributed by atoms with E-state index in [1.165, 1.54) is 0 Å². The van der Waals surface area contributed by atoms with Crippen molar-refractivity contribution >= 4 is 11.8 Å². The summed E-state index contributed by atoms with van der Waals surface area (Å²) < 4.78 is 0. The van der Waals surface area contributed by atoms with Gasteiger partial charge in [-0.2, -0.15) is 0 Å². The molecule has 2 rings (SSSR count). The van der Waals surface area contributed by atoms with Crippen molar-refractivity contribution in [2.45, 2.75) is 45.3 Å². The monoisotopic (exact) mass is 411 g/mol. The zero-order chi connectivity index (χ0) is 21.9. The van der Waals surface area contributed by atoms with Crippen molar-refractivity contribution in [2.75, 3.05) is 19.6 Å². The van der Waals surface area contributed by atoms with Crippen molar-refractivity contribution in [1.29, 1.82) is 0 Å². The van der Waals surface area contributed by atoms with Gasteiger partial charge < -0.3 is 21.1 Å². The van der Waals surface area contributed by atoms with Gasteiger partial charge in [0.25, 0.3) is 11.8 Å². The maximum Gasteiger partial charge on any atom is 0.253 e. The number of benzene rings is 2. The van der Waals surface area contributed by atoms with Crippen molar-refractivity contribution in [3.63, 3.8) is 0 Å². The van der Waals surface area contributed by atoms with Crippen LogP contribution in [0.1, 0.15) is 53.0 Å². The van der Waals surface area contributed by atoms with E-state index in [1.807, 2.05) is 49.1 Å². The fourth-order valence-electron chi connectivity index (χ4n) is 3.40. The Kier molecular flexibility index (Phi) is 9.51. The largest absolute Gasteiger partial charge is 0.390 e. The summed E-state index contributed by atoms with van der Waals surface area (Å²) in [5.74, 6) is -0.410. The Hall–Kier alpha value is -2.70. The molecule has 0 saturated carbocycles. The Bertz CT molecular complexity index is 804. The van der Waals surface area contributed by atoms with Gasteiger partial charge in [0.15, 0.2) is 0 Å². The minimum Gasteiger partial charge on any atom is -0.390 e. The molecule has 0 aliphatic heterocycles. The van der Waals surface area contributed by atoms with E-state index in [4.69, 9.17) is 5.73 Å². The highest BCUT2D eigenvalue weighted by atomic mass is 16.3. The van der Waals surface area contributed by atoms with Crippen molar-refractivity contribution < 1.29 is 14.7 Å². The molecule has 2 amide bonds. The number of nitrogens with zero attached hydrogens (tertiary/aromatic N) is 1. The highest BCUT2D eigenvalue weighted by Gasteiger charge is 2.22. The van der Waals surface area contributed by atoms with E-state index < -0.39 is 12.1 Å². The molecule has 0 fully saturated rings. The molecule has 2 aromatic rings. The van der Waals surface area contributed by atoms with E-state index in [-0.39, 0.29) is 18.4 Å². The molecule has 0 radical (unpaired) electrons. The van der Waals surface area contributed by atoms with E-state index in [0.29, 0.717) is 30.6 Å². The summed E-state index contributed by atoms with van der Waals surface area (Å²) in [6, 6.07) is 15.8. The molecule has 162 valence electrons. The Labute approximate surface area is 179 Å². The lowest BCUT2D eigenvalue weighted by Gasteiger charge is -2.24. The average Bonchev–Trinajstić information content (AvgIpc) is 2.78. The van der Waals surface area contributed by atoms with Crippen molar-refractivity contribution in [2.24, 2.45) is 5.73 Å². The second kappa shape index (κ2) is 12.1. The van der Waals surface area contributed by atoms with E-state index in [2.05, 4.69) is 5.32 Å². The molecule has 0 aliphatic rings. The van der Waals surface area contributed by atoms with Crippen molar-refractivity contribution in [3.8, 4) is 0 Å². The SMILES string of the molecule is CCCN(CCC)C(=O)c1cccc(C(=O)NC(Cc2ccccc2)C(O)CN)c1. The van der Waals surface area contributed by atoms with E-state index in [9.17, 15) is 14.7 Å². The number of amides is 2. The summed E-state index contributed by atoms with van der Waals surface area (Å²) in [6.45, 7) is 5.49. The number of rotatable bonds is 11. The predicted molar refractivity (Wildman–Crippen MR) is 119 cm³/mol. The van der Waals surface area contributed by atoms with Crippen LogP contribution >= 0.6 is 0 Å². The Morgan fingerprint density at radius 3 is 2.23 bits per heavy atom. The van der Waals surface area contributed by atoms with Gasteiger partial charge >= 0.3 is 0 Å². The third-order valence-corrected chi connectivity index (χ3v) is 4.97. The Balaban J connectivity index is 2.16. The summed E-state index contributed by atoms with van der Waals surface area (Å²) in [6.07, 6.45) is 1.35. The number of hydrogen-bond donors (Lipinski definition) is 3. The molecular weight excluding hydrogens is 378 g/mol. The predicted octanol–water partition coefficient (Wildman–Crippen LogP) is 2.61. The van der Waals surface area contributed by atoms with Crippen LogP contribution < -0.4 is 11.1 Å². The molecule has 0 saturated heterocycles. The molecule has 4 N–H and O–H groups in total. The summed E-state index contributed by atoms with van der Waals surface area (Å²) in [5.41, 5.74) is 7.51. The lowest BCUT2D eigenvalue weighted by molar-refractivity contribution is 0.0755. The van der Waals surface area contributed by atoms with Gasteiger partial charge in [-0.1, -0.05) is 50.2 Å². The van der Waals surface area contributed by atoms with Gasteiger partial charge in [0.2, 0.25) is 0 Å². The number of aliphatic hydroxyl groups excluding tert-OH is 1. The van der Waals surface area contributed by atoms with Crippen LogP contribution in [0.25, 0.3) is 0 Å². The van der Waals surface area contributed by atoms with E-state index >= 15 is 0 Å². The number of nitrogens with one attached hydrogen (secondary N) is 1. The molecule has 2 unspecified atom stereocenters. The first-order valence-electron chi connectivity index (χ1n) is 10.6. The number of hydrogen-bond acceptors (Lipinski definition) is 4. The van der Waals surface area contributed by atoms with Gasteiger partial charge in [0.1, 0.15) is 0 Å². The second-order valence-corrected chi connectivity index (χ2v) is 7.45. The first-order chi connectivity index (χ1) is 14.5. The minimum atomic E-state index is -0.872. The van der Waals surface area contributed by atoms with E-state index in [1.54, 1.807) is 24.3 Å².